The fourth-order valence-corrected chi connectivity index (χ4v) is 3.53. The van der Waals surface area contributed by atoms with Gasteiger partial charge in [0.1, 0.15) is 5.82 Å². The first-order valence-corrected chi connectivity index (χ1v) is 8.53. The summed E-state index contributed by atoms with van der Waals surface area (Å²) in [6.07, 6.45) is 4.18. The van der Waals surface area contributed by atoms with Gasteiger partial charge >= 0.3 is 0 Å². The molecule has 0 unspecified atom stereocenters. The number of anilines is 1. The molecule has 0 saturated carbocycles. The molecule has 1 fully saturated rings. The predicted molar refractivity (Wildman–Crippen MR) is 89.8 cm³/mol. The number of amides is 1. The van der Waals surface area contributed by atoms with Gasteiger partial charge in [-0.05, 0) is 17.5 Å². The number of hydrogen-bond donors (Lipinski definition) is 0. The van der Waals surface area contributed by atoms with Gasteiger partial charge in [-0.1, -0.05) is 6.07 Å². The third kappa shape index (κ3) is 2.92. The van der Waals surface area contributed by atoms with Gasteiger partial charge in [0.2, 0.25) is 5.91 Å². The molecule has 3 aromatic rings. The molecule has 6 nitrogen and oxygen atoms in total. The van der Waals surface area contributed by atoms with E-state index in [0.717, 1.165) is 42.5 Å². The molecule has 0 radical (unpaired) electrons. The van der Waals surface area contributed by atoms with E-state index in [1.54, 1.807) is 22.0 Å². The Morgan fingerprint density at radius 2 is 2.04 bits per heavy atom. The lowest BCUT2D eigenvalue weighted by molar-refractivity contribution is -0.130. The van der Waals surface area contributed by atoms with Crippen LogP contribution in [0.5, 0.6) is 0 Å². The second-order valence-electron chi connectivity index (χ2n) is 5.54. The molecular weight excluding hydrogens is 310 g/mol. The minimum absolute atomic E-state index is 0.214. The van der Waals surface area contributed by atoms with Gasteiger partial charge in [-0.2, -0.15) is 5.10 Å². The quantitative estimate of drug-likeness (QED) is 0.734. The molecule has 23 heavy (non-hydrogen) atoms. The number of nitrogens with zero attached hydrogens (tertiary/aromatic N) is 5. The standard InChI is InChI=1S/C16H17N5OS/c22-16(12-13-2-1-11-23-13)20-9-7-19(8-10-20)14-4-6-21-15(18-14)3-5-17-21/h1-6,11H,7-10,12H2. The maximum atomic E-state index is 12.3. The van der Waals surface area contributed by atoms with E-state index in [1.165, 1.54) is 0 Å². The Balaban J connectivity index is 1.39. The van der Waals surface area contributed by atoms with Crippen LogP contribution in [-0.4, -0.2) is 51.6 Å². The van der Waals surface area contributed by atoms with Crippen molar-refractivity contribution in [1.29, 1.82) is 0 Å². The fraction of sp³-hybridized carbons (Fsp3) is 0.312. The zero-order valence-electron chi connectivity index (χ0n) is 12.6. The van der Waals surface area contributed by atoms with Crippen molar-refractivity contribution in [1.82, 2.24) is 19.5 Å². The van der Waals surface area contributed by atoms with Gasteiger partial charge in [0.05, 0.1) is 12.6 Å². The van der Waals surface area contributed by atoms with Crippen molar-refractivity contribution in [3.63, 3.8) is 0 Å². The van der Waals surface area contributed by atoms with Crippen molar-refractivity contribution in [3.05, 3.63) is 46.9 Å². The molecule has 0 atom stereocenters. The summed E-state index contributed by atoms with van der Waals surface area (Å²) in [4.78, 5) is 22.3. The van der Waals surface area contributed by atoms with Crippen LogP contribution in [0.3, 0.4) is 0 Å². The summed E-state index contributed by atoms with van der Waals surface area (Å²) in [5.74, 6) is 1.16. The van der Waals surface area contributed by atoms with E-state index in [4.69, 9.17) is 0 Å². The average Bonchev–Trinajstić information content (AvgIpc) is 3.25. The SMILES string of the molecule is O=C(Cc1cccs1)N1CCN(c2ccn3nccc3n2)CC1. The van der Waals surface area contributed by atoms with E-state index in [-0.39, 0.29) is 5.91 Å². The second kappa shape index (κ2) is 6.00. The van der Waals surface area contributed by atoms with Crippen molar-refractivity contribution in [3.8, 4) is 0 Å². The van der Waals surface area contributed by atoms with E-state index in [0.29, 0.717) is 6.42 Å². The Bertz CT molecular complexity index is 805. The molecule has 1 amide bonds. The Morgan fingerprint density at radius 3 is 2.83 bits per heavy atom. The number of hydrogen-bond acceptors (Lipinski definition) is 5. The molecule has 0 spiro atoms. The highest BCUT2D eigenvalue weighted by Gasteiger charge is 2.22. The van der Waals surface area contributed by atoms with Crippen LogP contribution in [-0.2, 0) is 11.2 Å². The van der Waals surface area contributed by atoms with Crippen LogP contribution in [0, 0.1) is 0 Å². The molecule has 0 N–H and O–H groups in total. The van der Waals surface area contributed by atoms with E-state index >= 15 is 0 Å². The van der Waals surface area contributed by atoms with Gasteiger partial charge in [0.25, 0.3) is 0 Å². The van der Waals surface area contributed by atoms with Crippen LogP contribution in [0.25, 0.3) is 5.65 Å². The van der Waals surface area contributed by atoms with E-state index < -0.39 is 0 Å². The summed E-state index contributed by atoms with van der Waals surface area (Å²) in [6, 6.07) is 7.88. The molecule has 4 rings (SSSR count). The largest absolute Gasteiger partial charge is 0.353 e. The first-order chi connectivity index (χ1) is 11.3. The topological polar surface area (TPSA) is 53.7 Å². The Morgan fingerprint density at radius 1 is 1.17 bits per heavy atom. The molecule has 1 aliphatic rings. The number of aromatic nitrogens is 3. The summed E-state index contributed by atoms with van der Waals surface area (Å²) >= 11 is 1.64. The molecule has 0 bridgehead atoms. The summed E-state index contributed by atoms with van der Waals surface area (Å²) in [5.41, 5.74) is 0.846. The van der Waals surface area contributed by atoms with E-state index in [2.05, 4.69) is 15.0 Å². The van der Waals surface area contributed by atoms with Crippen LogP contribution in [0.1, 0.15) is 4.88 Å². The van der Waals surface area contributed by atoms with Crippen molar-refractivity contribution >= 4 is 28.7 Å². The minimum atomic E-state index is 0.214. The normalized spacial score (nSPS) is 15.3. The first kappa shape index (κ1) is 14.2. The number of piperazine rings is 1. The molecular formula is C16H17N5OS. The number of rotatable bonds is 3. The predicted octanol–water partition coefficient (Wildman–Crippen LogP) is 1.68. The number of thiophene rings is 1. The third-order valence-corrected chi connectivity index (χ3v) is 4.98. The molecule has 0 aromatic carbocycles. The summed E-state index contributed by atoms with van der Waals surface area (Å²) < 4.78 is 1.75. The van der Waals surface area contributed by atoms with Crippen molar-refractivity contribution < 1.29 is 4.79 Å². The minimum Gasteiger partial charge on any atom is -0.353 e. The maximum Gasteiger partial charge on any atom is 0.227 e. The molecule has 1 aliphatic heterocycles. The Labute approximate surface area is 138 Å². The van der Waals surface area contributed by atoms with Gasteiger partial charge in [-0.15, -0.1) is 11.3 Å². The van der Waals surface area contributed by atoms with Gasteiger partial charge in [0.15, 0.2) is 5.65 Å². The summed E-state index contributed by atoms with van der Waals surface area (Å²) in [5, 5.41) is 6.17. The molecule has 4 heterocycles. The monoisotopic (exact) mass is 327 g/mol. The third-order valence-electron chi connectivity index (χ3n) is 4.11. The fourth-order valence-electron chi connectivity index (χ4n) is 2.84. The Hall–Kier alpha value is -2.41. The van der Waals surface area contributed by atoms with Crippen molar-refractivity contribution in [2.24, 2.45) is 0 Å². The van der Waals surface area contributed by atoms with Crippen LogP contribution < -0.4 is 4.90 Å². The number of carbonyl (C=O) groups is 1. The van der Waals surface area contributed by atoms with E-state index in [9.17, 15) is 4.79 Å². The number of fused-ring (bicyclic) bond motifs is 1. The van der Waals surface area contributed by atoms with E-state index in [1.807, 2.05) is 40.7 Å². The molecule has 0 aliphatic carbocycles. The maximum absolute atomic E-state index is 12.3. The van der Waals surface area contributed by atoms with Crippen molar-refractivity contribution in [2.45, 2.75) is 6.42 Å². The van der Waals surface area contributed by atoms with Crippen LogP contribution in [0.4, 0.5) is 5.82 Å². The lowest BCUT2D eigenvalue weighted by Crippen LogP contribution is -2.49. The number of carbonyl (C=O) groups excluding carboxylic acids is 1. The highest BCUT2D eigenvalue weighted by Crippen LogP contribution is 2.16. The average molecular weight is 327 g/mol. The van der Waals surface area contributed by atoms with Crippen LogP contribution in [0.2, 0.25) is 0 Å². The zero-order chi connectivity index (χ0) is 15.6. The lowest BCUT2D eigenvalue weighted by atomic mass is 10.2. The van der Waals surface area contributed by atoms with Gasteiger partial charge in [0, 0.05) is 43.3 Å². The first-order valence-electron chi connectivity index (χ1n) is 7.65. The Kier molecular flexibility index (Phi) is 3.70. The van der Waals surface area contributed by atoms with Crippen molar-refractivity contribution in [2.75, 3.05) is 31.1 Å². The van der Waals surface area contributed by atoms with Crippen LogP contribution >= 0.6 is 11.3 Å². The van der Waals surface area contributed by atoms with Gasteiger partial charge < -0.3 is 9.80 Å². The summed E-state index contributed by atoms with van der Waals surface area (Å²) in [6.45, 7) is 3.12. The second-order valence-corrected chi connectivity index (χ2v) is 6.58. The highest BCUT2D eigenvalue weighted by molar-refractivity contribution is 7.10. The molecule has 1 saturated heterocycles. The molecule has 3 aromatic heterocycles. The van der Waals surface area contributed by atoms with Crippen LogP contribution in [0.15, 0.2) is 42.0 Å². The lowest BCUT2D eigenvalue weighted by Gasteiger charge is -2.35. The van der Waals surface area contributed by atoms with Gasteiger partial charge in [-0.25, -0.2) is 9.50 Å². The van der Waals surface area contributed by atoms with Gasteiger partial charge in [-0.3, -0.25) is 4.79 Å². The summed E-state index contributed by atoms with van der Waals surface area (Å²) in [7, 11) is 0. The highest BCUT2D eigenvalue weighted by atomic mass is 32.1. The smallest absolute Gasteiger partial charge is 0.227 e. The molecule has 7 heteroatoms. The molecule has 118 valence electrons. The zero-order valence-corrected chi connectivity index (χ0v) is 13.4.